The van der Waals surface area contributed by atoms with Crippen LogP contribution in [0.25, 0.3) is 0 Å². The molecular formula is C14H10Br2ClNOS. The lowest BCUT2D eigenvalue weighted by atomic mass is 9.99. The number of carbonyl (C=O) groups is 1. The van der Waals surface area contributed by atoms with Crippen LogP contribution in [0.2, 0.25) is 0 Å². The average Bonchev–Trinajstić information content (AvgIpc) is 2.77. The molecule has 1 aromatic heterocycles. The van der Waals surface area contributed by atoms with Gasteiger partial charge in [0.2, 0.25) is 5.91 Å². The number of carbonyl (C=O) groups excluding carboxylic acids is 1. The number of anilines is 1. The highest BCUT2D eigenvalue weighted by Crippen LogP contribution is 2.41. The minimum absolute atomic E-state index is 0.0822. The van der Waals surface area contributed by atoms with Crippen molar-refractivity contribution in [2.45, 2.75) is 18.2 Å². The van der Waals surface area contributed by atoms with Crippen LogP contribution in [0.4, 0.5) is 5.69 Å². The van der Waals surface area contributed by atoms with Crippen LogP contribution in [0.1, 0.15) is 27.8 Å². The van der Waals surface area contributed by atoms with Gasteiger partial charge in [-0.3, -0.25) is 4.79 Å². The Morgan fingerprint density at radius 1 is 1.25 bits per heavy atom. The van der Waals surface area contributed by atoms with Crippen LogP contribution < -0.4 is 5.32 Å². The van der Waals surface area contributed by atoms with Crippen LogP contribution in [-0.4, -0.2) is 5.91 Å². The van der Waals surface area contributed by atoms with Crippen molar-refractivity contribution in [3.8, 4) is 0 Å². The molecule has 0 radical (unpaired) electrons. The number of alkyl halides is 1. The summed E-state index contributed by atoms with van der Waals surface area (Å²) >= 11 is 15.2. The van der Waals surface area contributed by atoms with E-state index in [0.717, 1.165) is 36.4 Å². The maximum Gasteiger partial charge on any atom is 0.224 e. The molecule has 104 valence electrons. The number of halogens is 3. The second kappa shape index (κ2) is 5.79. The summed E-state index contributed by atoms with van der Waals surface area (Å²) in [6, 6.07) is 8.04. The Morgan fingerprint density at radius 2 is 2.05 bits per heavy atom. The van der Waals surface area contributed by atoms with Crippen LogP contribution in [0.5, 0.6) is 0 Å². The van der Waals surface area contributed by atoms with E-state index in [2.05, 4.69) is 43.2 Å². The number of benzene rings is 1. The van der Waals surface area contributed by atoms with Crippen molar-refractivity contribution in [1.29, 1.82) is 0 Å². The van der Waals surface area contributed by atoms with E-state index in [1.807, 2.05) is 18.2 Å². The van der Waals surface area contributed by atoms with Crippen molar-refractivity contribution >= 4 is 66.4 Å². The molecule has 1 N–H and O–H groups in total. The van der Waals surface area contributed by atoms with Gasteiger partial charge in [-0.05, 0) is 61.5 Å². The van der Waals surface area contributed by atoms with E-state index in [9.17, 15) is 4.79 Å². The molecule has 1 aliphatic heterocycles. The standard InChI is InChI=1S/C14H10Br2ClNOS/c15-9-6-11(20-14(9)16)13(17)8-1-3-10-7(5-8)2-4-12(19)18-10/h1,3,5-6,13H,2,4H2,(H,18,19). The van der Waals surface area contributed by atoms with Crippen LogP contribution >= 0.6 is 54.8 Å². The van der Waals surface area contributed by atoms with Crippen molar-refractivity contribution in [2.75, 3.05) is 5.32 Å². The third-order valence-electron chi connectivity index (χ3n) is 3.23. The van der Waals surface area contributed by atoms with Crippen molar-refractivity contribution in [3.05, 3.63) is 48.5 Å². The molecule has 2 nitrogen and oxygen atoms in total. The van der Waals surface area contributed by atoms with Crippen LogP contribution in [0, 0.1) is 0 Å². The van der Waals surface area contributed by atoms with Gasteiger partial charge in [-0.1, -0.05) is 12.1 Å². The van der Waals surface area contributed by atoms with Crippen LogP contribution in [-0.2, 0) is 11.2 Å². The van der Waals surface area contributed by atoms with Gasteiger partial charge in [0.25, 0.3) is 0 Å². The summed E-state index contributed by atoms with van der Waals surface area (Å²) in [7, 11) is 0. The zero-order valence-electron chi connectivity index (χ0n) is 10.3. The Labute approximate surface area is 142 Å². The Kier molecular flexibility index (Phi) is 4.22. The van der Waals surface area contributed by atoms with Crippen molar-refractivity contribution < 1.29 is 4.79 Å². The SMILES string of the molecule is O=C1CCc2cc(C(Cl)c3cc(Br)c(Br)s3)ccc2N1. The van der Waals surface area contributed by atoms with Crippen molar-refractivity contribution in [2.24, 2.45) is 0 Å². The van der Waals surface area contributed by atoms with E-state index < -0.39 is 0 Å². The summed E-state index contributed by atoms with van der Waals surface area (Å²) < 4.78 is 2.07. The maximum absolute atomic E-state index is 11.4. The number of aryl methyl sites for hydroxylation is 1. The van der Waals surface area contributed by atoms with Gasteiger partial charge in [0.15, 0.2) is 0 Å². The molecule has 0 aliphatic carbocycles. The fourth-order valence-electron chi connectivity index (χ4n) is 2.21. The minimum atomic E-state index is -0.175. The second-order valence-electron chi connectivity index (χ2n) is 4.60. The monoisotopic (exact) mass is 433 g/mol. The number of amides is 1. The predicted octanol–water partition coefficient (Wildman–Crippen LogP) is 5.49. The number of nitrogens with one attached hydrogen (secondary N) is 1. The highest BCUT2D eigenvalue weighted by atomic mass is 79.9. The number of rotatable bonds is 2. The smallest absolute Gasteiger partial charge is 0.224 e. The van der Waals surface area contributed by atoms with Crippen LogP contribution in [0.3, 0.4) is 0 Å². The lowest BCUT2D eigenvalue weighted by Crippen LogP contribution is -2.19. The Bertz CT molecular complexity index is 666. The van der Waals surface area contributed by atoms with Gasteiger partial charge < -0.3 is 5.32 Å². The van der Waals surface area contributed by atoms with E-state index in [1.165, 1.54) is 0 Å². The second-order valence-corrected chi connectivity index (χ2v) is 8.29. The quantitative estimate of drug-likeness (QED) is 0.622. The molecule has 0 bridgehead atoms. The molecule has 20 heavy (non-hydrogen) atoms. The zero-order valence-corrected chi connectivity index (χ0v) is 15.0. The Balaban J connectivity index is 1.92. The molecule has 3 rings (SSSR count). The number of hydrogen-bond donors (Lipinski definition) is 1. The molecule has 1 amide bonds. The topological polar surface area (TPSA) is 29.1 Å². The van der Waals surface area contributed by atoms with Gasteiger partial charge in [-0.2, -0.15) is 0 Å². The number of hydrogen-bond acceptors (Lipinski definition) is 2. The van der Waals surface area contributed by atoms with E-state index in [4.69, 9.17) is 11.6 Å². The van der Waals surface area contributed by atoms with Crippen molar-refractivity contribution in [1.82, 2.24) is 0 Å². The van der Waals surface area contributed by atoms with E-state index >= 15 is 0 Å². The molecule has 0 fully saturated rings. The summed E-state index contributed by atoms with van der Waals surface area (Å²) in [6.45, 7) is 0. The largest absolute Gasteiger partial charge is 0.326 e. The first-order valence-electron chi connectivity index (χ1n) is 6.06. The third-order valence-corrected chi connectivity index (χ3v) is 7.17. The molecule has 2 heterocycles. The molecule has 1 aromatic carbocycles. The fourth-order valence-corrected chi connectivity index (χ4v) is 4.64. The molecule has 0 saturated heterocycles. The Hall–Kier alpha value is -0.360. The lowest BCUT2D eigenvalue weighted by Gasteiger charge is -2.18. The van der Waals surface area contributed by atoms with Gasteiger partial charge in [-0.15, -0.1) is 22.9 Å². The molecule has 0 saturated carbocycles. The first-order chi connectivity index (χ1) is 9.54. The summed E-state index contributed by atoms with van der Waals surface area (Å²) in [5.74, 6) is 0.0822. The minimum Gasteiger partial charge on any atom is -0.326 e. The molecule has 1 atom stereocenters. The average molecular weight is 436 g/mol. The zero-order chi connectivity index (χ0) is 14.3. The van der Waals surface area contributed by atoms with E-state index in [-0.39, 0.29) is 11.3 Å². The van der Waals surface area contributed by atoms with Gasteiger partial charge in [0.05, 0.1) is 9.16 Å². The summed E-state index contributed by atoms with van der Waals surface area (Å²) in [5.41, 5.74) is 3.12. The molecule has 2 aromatic rings. The van der Waals surface area contributed by atoms with Gasteiger partial charge in [0.1, 0.15) is 0 Å². The Morgan fingerprint density at radius 3 is 2.75 bits per heavy atom. The maximum atomic E-state index is 11.4. The normalized spacial score (nSPS) is 15.7. The first-order valence-corrected chi connectivity index (χ1v) is 8.90. The summed E-state index contributed by atoms with van der Waals surface area (Å²) in [5, 5.41) is 2.71. The number of thiophene rings is 1. The molecule has 1 aliphatic rings. The summed E-state index contributed by atoms with van der Waals surface area (Å²) in [6.07, 6.45) is 1.32. The van der Waals surface area contributed by atoms with E-state index in [0.29, 0.717) is 6.42 Å². The highest BCUT2D eigenvalue weighted by molar-refractivity contribution is 9.13. The highest BCUT2D eigenvalue weighted by Gasteiger charge is 2.19. The molecule has 1 unspecified atom stereocenters. The molecule has 0 spiro atoms. The third kappa shape index (κ3) is 2.82. The van der Waals surface area contributed by atoms with Gasteiger partial charge in [0, 0.05) is 21.5 Å². The van der Waals surface area contributed by atoms with Crippen LogP contribution in [0.15, 0.2) is 32.5 Å². The van der Waals surface area contributed by atoms with Gasteiger partial charge >= 0.3 is 0 Å². The van der Waals surface area contributed by atoms with Gasteiger partial charge in [-0.25, -0.2) is 0 Å². The molecular weight excluding hydrogens is 425 g/mol. The van der Waals surface area contributed by atoms with E-state index in [1.54, 1.807) is 11.3 Å². The molecule has 6 heteroatoms. The summed E-state index contributed by atoms with van der Waals surface area (Å²) in [4.78, 5) is 12.4. The predicted molar refractivity (Wildman–Crippen MR) is 90.8 cm³/mol. The van der Waals surface area contributed by atoms with Crippen molar-refractivity contribution in [3.63, 3.8) is 0 Å². The first kappa shape index (κ1) is 14.6. The fraction of sp³-hybridized carbons (Fsp3) is 0.214. The number of fused-ring (bicyclic) bond motifs is 1. The lowest BCUT2D eigenvalue weighted by molar-refractivity contribution is -0.116.